The van der Waals surface area contributed by atoms with Gasteiger partial charge in [0, 0.05) is 51.1 Å². The fraction of sp³-hybridized carbons (Fsp3) is 0.0851. The van der Waals surface area contributed by atoms with Crippen molar-refractivity contribution in [1.82, 2.24) is 23.9 Å². The van der Waals surface area contributed by atoms with Crippen LogP contribution in [0.5, 0.6) is 11.5 Å². The highest BCUT2D eigenvalue weighted by atomic mass is 16.5. The molecule has 0 atom stereocenters. The van der Waals surface area contributed by atoms with E-state index < -0.39 is 0 Å². The Kier molecular flexibility index (Phi) is 6.95. The van der Waals surface area contributed by atoms with Gasteiger partial charge in [-0.3, -0.25) is 14.0 Å². The van der Waals surface area contributed by atoms with E-state index in [-0.39, 0.29) is 5.41 Å². The van der Waals surface area contributed by atoms with Crippen molar-refractivity contribution in [1.29, 1.82) is 0 Å². The summed E-state index contributed by atoms with van der Waals surface area (Å²) in [6.45, 7) is 6.75. The maximum Gasteiger partial charge on any atom is 0.146 e. The van der Waals surface area contributed by atoms with E-state index in [0.717, 1.165) is 78.0 Å². The highest BCUT2D eigenvalue weighted by Crippen LogP contribution is 2.40. The van der Waals surface area contributed by atoms with Crippen LogP contribution in [-0.4, -0.2) is 23.9 Å². The van der Waals surface area contributed by atoms with E-state index in [0.29, 0.717) is 5.75 Å². The molecule has 10 aromatic rings. The molecule has 6 heteroatoms. The monoisotopic (exact) mass is 685 g/mol. The number of aromatic nitrogens is 5. The molecule has 5 aromatic heterocycles. The topological polar surface area (TPSA) is 57.2 Å². The predicted molar refractivity (Wildman–Crippen MR) is 216 cm³/mol. The lowest BCUT2D eigenvalue weighted by atomic mass is 9.86. The van der Waals surface area contributed by atoms with Gasteiger partial charge in [-0.1, -0.05) is 99.6 Å². The number of benzene rings is 5. The van der Waals surface area contributed by atoms with Crippen LogP contribution < -0.4 is 4.74 Å². The lowest BCUT2D eigenvalue weighted by Crippen LogP contribution is -2.10. The summed E-state index contributed by atoms with van der Waals surface area (Å²) in [5.41, 5.74) is 11.2. The van der Waals surface area contributed by atoms with Crippen LogP contribution >= 0.6 is 0 Å². The highest BCUT2D eigenvalue weighted by molar-refractivity contribution is 6.12. The second-order valence-corrected chi connectivity index (χ2v) is 14.6. The molecular weight excluding hydrogens is 651 g/mol. The Morgan fingerprint density at radius 2 is 1.26 bits per heavy atom. The average molecular weight is 686 g/mol. The standard InChI is InChI=1S/C47H35N5O/c1-47(2,3)32-21-23-36-38-19-11-26-49-45(38)51(41(36)27-32)33-17-10-18-34(28-33)53-35-22-24-37-39(29-35)46-50-42(30-13-6-4-7-14-30)44(31-15-8-5-9-16-31)52(46)40-20-12-25-48-43(37)40/h4-29H,1-3H3. The number of nitrogens with zero attached hydrogens (tertiary/aromatic N) is 5. The van der Waals surface area contributed by atoms with Crippen LogP contribution in [0.1, 0.15) is 26.3 Å². The molecule has 0 aliphatic rings. The van der Waals surface area contributed by atoms with Crippen LogP contribution in [0.25, 0.3) is 77.6 Å². The fourth-order valence-electron chi connectivity index (χ4n) is 7.65. The molecule has 254 valence electrons. The molecule has 6 nitrogen and oxygen atoms in total. The van der Waals surface area contributed by atoms with Crippen molar-refractivity contribution in [3.8, 4) is 39.7 Å². The minimum Gasteiger partial charge on any atom is -0.457 e. The van der Waals surface area contributed by atoms with Crippen molar-refractivity contribution >= 4 is 49.4 Å². The molecule has 10 rings (SSSR count). The quantitative estimate of drug-likeness (QED) is 0.169. The Bertz CT molecular complexity index is 3010. The third-order valence-corrected chi connectivity index (χ3v) is 10.2. The van der Waals surface area contributed by atoms with E-state index in [2.05, 4.69) is 133 Å². The summed E-state index contributed by atoms with van der Waals surface area (Å²) >= 11 is 0. The molecule has 53 heavy (non-hydrogen) atoms. The van der Waals surface area contributed by atoms with Gasteiger partial charge >= 0.3 is 0 Å². The number of ether oxygens (including phenoxy) is 1. The Labute approximate surface area is 306 Å². The lowest BCUT2D eigenvalue weighted by Gasteiger charge is -2.19. The number of hydrogen-bond acceptors (Lipinski definition) is 4. The lowest BCUT2D eigenvalue weighted by molar-refractivity contribution is 0.483. The van der Waals surface area contributed by atoms with Gasteiger partial charge in [0.25, 0.3) is 0 Å². The van der Waals surface area contributed by atoms with E-state index in [9.17, 15) is 0 Å². The zero-order chi connectivity index (χ0) is 35.7. The number of imidazole rings is 1. The van der Waals surface area contributed by atoms with Crippen LogP contribution in [-0.2, 0) is 5.41 Å². The van der Waals surface area contributed by atoms with Gasteiger partial charge in [-0.05, 0) is 71.6 Å². The van der Waals surface area contributed by atoms with Crippen LogP contribution in [0.2, 0.25) is 0 Å². The first-order valence-electron chi connectivity index (χ1n) is 17.9. The third-order valence-electron chi connectivity index (χ3n) is 10.2. The van der Waals surface area contributed by atoms with Crippen LogP contribution in [0.15, 0.2) is 158 Å². The van der Waals surface area contributed by atoms with Crippen molar-refractivity contribution in [3.05, 3.63) is 164 Å². The van der Waals surface area contributed by atoms with Gasteiger partial charge in [0.05, 0.1) is 33.6 Å². The molecule has 0 amide bonds. The Morgan fingerprint density at radius 3 is 2.08 bits per heavy atom. The molecule has 0 fully saturated rings. The van der Waals surface area contributed by atoms with E-state index in [1.807, 2.05) is 54.9 Å². The minimum absolute atomic E-state index is 0.00871. The largest absolute Gasteiger partial charge is 0.457 e. The first-order chi connectivity index (χ1) is 25.9. The molecule has 0 bridgehead atoms. The van der Waals surface area contributed by atoms with Crippen molar-refractivity contribution < 1.29 is 4.74 Å². The van der Waals surface area contributed by atoms with Gasteiger partial charge in [0.2, 0.25) is 0 Å². The third kappa shape index (κ3) is 5.06. The average Bonchev–Trinajstić information content (AvgIpc) is 3.76. The highest BCUT2D eigenvalue weighted by Gasteiger charge is 2.22. The number of rotatable bonds is 5. The van der Waals surface area contributed by atoms with Gasteiger partial charge in [-0.25, -0.2) is 9.97 Å². The fourth-order valence-corrected chi connectivity index (χ4v) is 7.65. The molecule has 0 aliphatic heterocycles. The van der Waals surface area contributed by atoms with Crippen molar-refractivity contribution in [2.75, 3.05) is 0 Å². The van der Waals surface area contributed by atoms with Crippen LogP contribution in [0.4, 0.5) is 0 Å². The van der Waals surface area contributed by atoms with E-state index >= 15 is 0 Å². The van der Waals surface area contributed by atoms with Gasteiger partial charge in [0.15, 0.2) is 0 Å². The second kappa shape index (κ2) is 11.9. The molecule has 5 aromatic carbocycles. The second-order valence-electron chi connectivity index (χ2n) is 14.6. The first kappa shape index (κ1) is 31.0. The maximum atomic E-state index is 6.70. The Hall–Kier alpha value is -6.79. The number of pyridine rings is 3. The molecule has 0 radical (unpaired) electrons. The summed E-state index contributed by atoms with van der Waals surface area (Å²) in [6.07, 6.45) is 3.72. The van der Waals surface area contributed by atoms with Crippen LogP contribution in [0, 0.1) is 0 Å². The first-order valence-corrected chi connectivity index (χ1v) is 17.9. The molecule has 0 unspecified atom stereocenters. The SMILES string of the molecule is CC(C)(C)c1ccc2c3cccnc3n(-c3cccc(Oc4ccc5c(c4)c4nc(-c6ccccc6)c(-c6ccccc6)n4c4cccnc54)c3)c2c1. The molecular formula is C47H35N5O. The summed E-state index contributed by atoms with van der Waals surface area (Å²) in [4.78, 5) is 15.1. The van der Waals surface area contributed by atoms with E-state index in [1.54, 1.807) is 0 Å². The molecule has 0 saturated carbocycles. The van der Waals surface area contributed by atoms with Crippen molar-refractivity contribution in [2.45, 2.75) is 26.2 Å². The molecule has 0 saturated heterocycles. The van der Waals surface area contributed by atoms with Crippen LogP contribution in [0.3, 0.4) is 0 Å². The normalized spacial score (nSPS) is 12.1. The number of fused-ring (bicyclic) bond motifs is 9. The van der Waals surface area contributed by atoms with Gasteiger partial charge in [0.1, 0.15) is 22.8 Å². The molecule has 0 aliphatic carbocycles. The van der Waals surface area contributed by atoms with Gasteiger partial charge < -0.3 is 4.74 Å². The molecule has 5 heterocycles. The van der Waals surface area contributed by atoms with Crippen molar-refractivity contribution in [2.24, 2.45) is 0 Å². The zero-order valence-electron chi connectivity index (χ0n) is 29.7. The summed E-state index contributed by atoms with van der Waals surface area (Å²) in [7, 11) is 0. The Balaban J connectivity index is 1.15. The minimum atomic E-state index is 0.00871. The van der Waals surface area contributed by atoms with E-state index in [4.69, 9.17) is 19.7 Å². The molecule has 0 N–H and O–H groups in total. The maximum absolute atomic E-state index is 6.70. The smallest absolute Gasteiger partial charge is 0.146 e. The number of hydrogen-bond donors (Lipinski definition) is 0. The summed E-state index contributed by atoms with van der Waals surface area (Å²) < 4.78 is 11.2. The summed E-state index contributed by atoms with van der Waals surface area (Å²) in [5, 5.41) is 4.28. The summed E-state index contributed by atoms with van der Waals surface area (Å²) in [6, 6.07) is 50.4. The zero-order valence-corrected chi connectivity index (χ0v) is 29.7. The predicted octanol–water partition coefficient (Wildman–Crippen LogP) is 12.0. The van der Waals surface area contributed by atoms with Crippen molar-refractivity contribution in [3.63, 3.8) is 0 Å². The summed E-state index contributed by atoms with van der Waals surface area (Å²) in [5.74, 6) is 1.45. The molecule has 0 spiro atoms. The van der Waals surface area contributed by atoms with E-state index in [1.165, 1.54) is 10.9 Å². The van der Waals surface area contributed by atoms with Gasteiger partial charge in [-0.2, -0.15) is 0 Å². The van der Waals surface area contributed by atoms with Gasteiger partial charge in [-0.15, -0.1) is 0 Å². The Morgan fingerprint density at radius 1 is 0.528 bits per heavy atom.